The number of rotatable bonds is 4. The summed E-state index contributed by atoms with van der Waals surface area (Å²) in [6, 6.07) is 0. The van der Waals surface area contributed by atoms with Crippen LogP contribution in [0.15, 0.2) is 0 Å². The Bertz CT molecular complexity index is 80.6. The highest BCUT2D eigenvalue weighted by atomic mass is 16.5. The zero-order chi connectivity index (χ0) is 10.7. The molecule has 0 aliphatic rings. The fourth-order valence-electron chi connectivity index (χ4n) is 0.391. The third-order valence-corrected chi connectivity index (χ3v) is 1.31. The van der Waals surface area contributed by atoms with Gasteiger partial charge in [-0.1, -0.05) is 13.8 Å². The Hall–Kier alpha value is -0.0800. The molecule has 0 rings (SSSR count). The van der Waals surface area contributed by atoms with Gasteiger partial charge in [0.05, 0.1) is 5.60 Å². The van der Waals surface area contributed by atoms with E-state index in [1.165, 1.54) is 0 Å². The van der Waals surface area contributed by atoms with Crippen LogP contribution in [0.5, 0.6) is 0 Å². The molecule has 2 nitrogen and oxygen atoms in total. The molecule has 0 atom stereocenters. The van der Waals surface area contributed by atoms with E-state index in [-0.39, 0.29) is 5.60 Å². The Kier molecular flexibility index (Phi) is 11.8. The van der Waals surface area contributed by atoms with Crippen LogP contribution in [0.4, 0.5) is 0 Å². The standard InChI is InChI=1S/C6H14O.C5H12O/c1-3-5-7-6-4-2;1-5(2,3)6-4/h3-6H2,1-2H3;1-4H3. The van der Waals surface area contributed by atoms with E-state index >= 15 is 0 Å². The van der Waals surface area contributed by atoms with Crippen LogP contribution in [0, 0.1) is 0 Å². The first-order valence-corrected chi connectivity index (χ1v) is 5.10. The lowest BCUT2D eigenvalue weighted by Crippen LogP contribution is -2.15. The first kappa shape index (κ1) is 15.4. The predicted molar refractivity (Wildman–Crippen MR) is 58.2 cm³/mol. The highest BCUT2D eigenvalue weighted by Crippen LogP contribution is 2.02. The molecule has 0 bridgehead atoms. The summed E-state index contributed by atoms with van der Waals surface area (Å²) in [7, 11) is 1.71. The van der Waals surface area contributed by atoms with Gasteiger partial charge in [0.1, 0.15) is 0 Å². The molecule has 82 valence electrons. The summed E-state index contributed by atoms with van der Waals surface area (Å²) >= 11 is 0. The fraction of sp³-hybridized carbons (Fsp3) is 1.00. The van der Waals surface area contributed by atoms with E-state index in [4.69, 9.17) is 9.47 Å². The van der Waals surface area contributed by atoms with E-state index in [2.05, 4.69) is 13.8 Å². The largest absolute Gasteiger partial charge is 0.381 e. The lowest BCUT2D eigenvalue weighted by Gasteiger charge is -2.14. The summed E-state index contributed by atoms with van der Waals surface area (Å²) in [5, 5.41) is 0. The van der Waals surface area contributed by atoms with Crippen molar-refractivity contribution >= 4 is 0 Å². The molecule has 0 saturated heterocycles. The number of hydrogen-bond donors (Lipinski definition) is 0. The number of ether oxygens (including phenoxy) is 2. The quantitative estimate of drug-likeness (QED) is 0.633. The van der Waals surface area contributed by atoms with Gasteiger partial charge in [-0.25, -0.2) is 0 Å². The highest BCUT2D eigenvalue weighted by Gasteiger charge is 2.03. The Morgan fingerprint density at radius 3 is 1.38 bits per heavy atom. The van der Waals surface area contributed by atoms with Crippen molar-refractivity contribution in [2.75, 3.05) is 20.3 Å². The minimum absolute atomic E-state index is 0.0417. The number of methoxy groups -OCH3 is 1. The number of hydrogen-bond acceptors (Lipinski definition) is 2. The average Bonchev–Trinajstić information content (AvgIpc) is 2.06. The van der Waals surface area contributed by atoms with Gasteiger partial charge in [0, 0.05) is 20.3 Å². The molecule has 13 heavy (non-hydrogen) atoms. The molecular formula is C11H26O2. The minimum Gasteiger partial charge on any atom is -0.381 e. The van der Waals surface area contributed by atoms with Gasteiger partial charge in [-0.05, 0) is 33.6 Å². The second-order valence-electron chi connectivity index (χ2n) is 3.93. The molecule has 0 amide bonds. The normalized spacial score (nSPS) is 10.6. The molecule has 0 spiro atoms. The maximum atomic E-state index is 5.13. The van der Waals surface area contributed by atoms with Crippen LogP contribution in [0.25, 0.3) is 0 Å². The van der Waals surface area contributed by atoms with Gasteiger partial charge in [-0.2, -0.15) is 0 Å². The van der Waals surface area contributed by atoms with E-state index in [1.807, 2.05) is 20.8 Å². The summed E-state index contributed by atoms with van der Waals surface area (Å²) in [5.74, 6) is 0. The van der Waals surface area contributed by atoms with E-state index < -0.39 is 0 Å². The van der Waals surface area contributed by atoms with Gasteiger partial charge in [-0.3, -0.25) is 0 Å². The van der Waals surface area contributed by atoms with E-state index in [0.717, 1.165) is 26.1 Å². The van der Waals surface area contributed by atoms with Crippen LogP contribution < -0.4 is 0 Å². The van der Waals surface area contributed by atoms with Crippen molar-refractivity contribution in [1.29, 1.82) is 0 Å². The summed E-state index contributed by atoms with van der Waals surface area (Å²) < 4.78 is 10.1. The summed E-state index contributed by atoms with van der Waals surface area (Å²) in [6.07, 6.45) is 2.28. The lowest BCUT2D eigenvalue weighted by atomic mass is 10.2. The van der Waals surface area contributed by atoms with Crippen LogP contribution >= 0.6 is 0 Å². The molecule has 0 aliphatic heterocycles. The molecule has 0 heterocycles. The van der Waals surface area contributed by atoms with Crippen molar-refractivity contribution in [3.63, 3.8) is 0 Å². The molecule has 0 aromatic carbocycles. The highest BCUT2D eigenvalue weighted by molar-refractivity contribution is 4.55. The molecular weight excluding hydrogens is 164 g/mol. The molecule has 0 radical (unpaired) electrons. The SMILES string of the molecule is CCCOCCC.COC(C)(C)C. The van der Waals surface area contributed by atoms with E-state index in [9.17, 15) is 0 Å². The predicted octanol–water partition coefficient (Wildman–Crippen LogP) is 3.25. The smallest absolute Gasteiger partial charge is 0.0594 e. The molecule has 0 fully saturated rings. The topological polar surface area (TPSA) is 18.5 Å². The zero-order valence-corrected chi connectivity index (χ0v) is 10.1. The third kappa shape index (κ3) is 24.5. The third-order valence-electron chi connectivity index (χ3n) is 1.31. The van der Waals surface area contributed by atoms with Gasteiger partial charge in [0.25, 0.3) is 0 Å². The zero-order valence-electron chi connectivity index (χ0n) is 10.1. The average molecular weight is 190 g/mol. The van der Waals surface area contributed by atoms with Crippen molar-refractivity contribution in [2.45, 2.75) is 53.1 Å². The van der Waals surface area contributed by atoms with Crippen LogP contribution in [0.1, 0.15) is 47.5 Å². The van der Waals surface area contributed by atoms with Gasteiger partial charge < -0.3 is 9.47 Å². The van der Waals surface area contributed by atoms with Gasteiger partial charge in [0.15, 0.2) is 0 Å². The van der Waals surface area contributed by atoms with Crippen LogP contribution in [-0.2, 0) is 9.47 Å². The van der Waals surface area contributed by atoms with Crippen molar-refractivity contribution < 1.29 is 9.47 Å². The first-order valence-electron chi connectivity index (χ1n) is 5.10. The Morgan fingerprint density at radius 2 is 1.23 bits per heavy atom. The molecule has 0 aromatic heterocycles. The first-order chi connectivity index (χ1) is 5.97. The molecule has 0 N–H and O–H groups in total. The van der Waals surface area contributed by atoms with Gasteiger partial charge in [0.2, 0.25) is 0 Å². The molecule has 0 saturated carbocycles. The van der Waals surface area contributed by atoms with Crippen LogP contribution in [0.2, 0.25) is 0 Å². The summed E-state index contributed by atoms with van der Waals surface area (Å²) in [5.41, 5.74) is 0.0417. The monoisotopic (exact) mass is 190 g/mol. The molecule has 0 aliphatic carbocycles. The molecule has 0 aromatic rings. The van der Waals surface area contributed by atoms with Crippen LogP contribution in [-0.4, -0.2) is 25.9 Å². The van der Waals surface area contributed by atoms with Crippen molar-refractivity contribution in [3.05, 3.63) is 0 Å². The summed E-state index contributed by atoms with van der Waals surface area (Å²) in [4.78, 5) is 0. The van der Waals surface area contributed by atoms with E-state index in [0.29, 0.717) is 0 Å². The van der Waals surface area contributed by atoms with Gasteiger partial charge in [-0.15, -0.1) is 0 Å². The second-order valence-corrected chi connectivity index (χ2v) is 3.93. The van der Waals surface area contributed by atoms with E-state index in [1.54, 1.807) is 7.11 Å². The maximum Gasteiger partial charge on any atom is 0.0594 e. The minimum atomic E-state index is 0.0417. The van der Waals surface area contributed by atoms with Crippen molar-refractivity contribution in [3.8, 4) is 0 Å². The fourth-order valence-corrected chi connectivity index (χ4v) is 0.391. The Labute approximate surface area is 83.6 Å². The lowest BCUT2D eigenvalue weighted by molar-refractivity contribution is 0.0397. The Morgan fingerprint density at radius 1 is 0.923 bits per heavy atom. The maximum absolute atomic E-state index is 5.13. The van der Waals surface area contributed by atoms with Crippen molar-refractivity contribution in [2.24, 2.45) is 0 Å². The Balaban J connectivity index is 0. The second kappa shape index (κ2) is 10.0. The van der Waals surface area contributed by atoms with Crippen molar-refractivity contribution in [1.82, 2.24) is 0 Å². The molecule has 2 heteroatoms. The van der Waals surface area contributed by atoms with Crippen LogP contribution in [0.3, 0.4) is 0 Å². The van der Waals surface area contributed by atoms with Gasteiger partial charge >= 0.3 is 0 Å². The summed E-state index contributed by atoms with van der Waals surface area (Å²) in [6.45, 7) is 12.2. The molecule has 0 unspecified atom stereocenters.